The first-order valence-electron chi connectivity index (χ1n) is 11.9. The number of rotatable bonds is 7. The van der Waals surface area contributed by atoms with Crippen molar-refractivity contribution in [3.05, 3.63) is 67.9 Å². The predicted octanol–water partition coefficient (Wildman–Crippen LogP) is 2.02. The lowest BCUT2D eigenvalue weighted by Gasteiger charge is -2.35. The second kappa shape index (κ2) is 10.0. The van der Waals surface area contributed by atoms with E-state index in [9.17, 15) is 14.7 Å². The molecule has 2 N–H and O–H groups in total. The minimum absolute atomic E-state index is 0.121. The predicted molar refractivity (Wildman–Crippen MR) is 136 cm³/mol. The third-order valence-electron chi connectivity index (χ3n) is 6.57. The van der Waals surface area contributed by atoms with Crippen LogP contribution in [0, 0.1) is 0 Å². The number of benzene rings is 2. The maximum absolute atomic E-state index is 12.6. The van der Waals surface area contributed by atoms with Crippen molar-refractivity contribution in [1.82, 2.24) is 14.5 Å². The smallest absolute Gasteiger partial charge is 0.335 e. The van der Waals surface area contributed by atoms with Gasteiger partial charge in [0.15, 0.2) is 11.5 Å². The summed E-state index contributed by atoms with van der Waals surface area (Å²) in [6.45, 7) is 3.58. The van der Waals surface area contributed by atoms with Gasteiger partial charge in [0, 0.05) is 18.3 Å². The molecule has 2 aliphatic rings. The van der Waals surface area contributed by atoms with E-state index in [-0.39, 0.29) is 24.9 Å². The second-order valence-corrected chi connectivity index (χ2v) is 8.72. The van der Waals surface area contributed by atoms with Crippen LogP contribution in [0.5, 0.6) is 28.9 Å². The third kappa shape index (κ3) is 4.42. The van der Waals surface area contributed by atoms with Gasteiger partial charge in [-0.1, -0.05) is 0 Å². The van der Waals surface area contributed by atoms with Crippen LogP contribution >= 0.6 is 0 Å². The van der Waals surface area contributed by atoms with Crippen LogP contribution in [0.4, 0.5) is 0 Å². The summed E-state index contributed by atoms with van der Waals surface area (Å²) in [6, 6.07) is 8.42. The number of aromatic hydroxyl groups is 1. The Labute approximate surface area is 212 Å². The Hall–Kier alpha value is -4.25. The fraction of sp³-hybridized carbons (Fsp3) is 0.346. The summed E-state index contributed by atoms with van der Waals surface area (Å²) in [6.07, 6.45) is 2.10. The molecule has 5 rings (SSSR count). The van der Waals surface area contributed by atoms with Crippen molar-refractivity contribution in [1.29, 1.82) is 0 Å². The minimum atomic E-state index is -0.759. The van der Waals surface area contributed by atoms with Crippen molar-refractivity contribution in [2.75, 3.05) is 40.6 Å². The number of ether oxygens (including phenoxy) is 4. The highest BCUT2D eigenvalue weighted by Crippen LogP contribution is 2.49. The summed E-state index contributed by atoms with van der Waals surface area (Å²) in [5, 5.41) is 10.9. The number of hydrogen-bond acceptors (Lipinski definition) is 9. The van der Waals surface area contributed by atoms with Crippen molar-refractivity contribution in [3.63, 3.8) is 0 Å². The normalized spacial score (nSPS) is 16.7. The van der Waals surface area contributed by atoms with E-state index in [1.165, 1.54) is 6.21 Å². The van der Waals surface area contributed by atoms with Crippen LogP contribution in [0.15, 0.2) is 44.9 Å². The fourth-order valence-electron chi connectivity index (χ4n) is 4.75. The molecular weight excluding hydrogens is 480 g/mol. The van der Waals surface area contributed by atoms with E-state index in [4.69, 9.17) is 18.9 Å². The van der Waals surface area contributed by atoms with Crippen molar-refractivity contribution in [3.8, 4) is 34.6 Å². The summed E-state index contributed by atoms with van der Waals surface area (Å²) in [4.78, 5) is 34.0. The standard InChI is InChI=1S/C26H28N4O7/c1-4-35-17-7-5-16(6-8-17)30-25(32)18(24(31)28-26(30)33)12-27-13-19-21-15(9-10-29(19)2)11-20-22(23(21)34-3)37-14-36-20/h5-8,11-12,19,32H,4,9-10,13-14H2,1-3H3,(H,28,31,33)/t19-/m1/s1. The molecule has 0 fully saturated rings. The molecule has 0 amide bonds. The van der Waals surface area contributed by atoms with Crippen molar-refractivity contribution in [2.24, 2.45) is 4.99 Å². The van der Waals surface area contributed by atoms with Gasteiger partial charge in [0.1, 0.15) is 11.3 Å². The first-order chi connectivity index (χ1) is 17.9. The highest BCUT2D eigenvalue weighted by Gasteiger charge is 2.33. The number of methoxy groups -OCH3 is 1. The minimum Gasteiger partial charge on any atom is -0.494 e. The number of fused-ring (bicyclic) bond motifs is 2. The molecule has 0 spiro atoms. The molecule has 0 radical (unpaired) electrons. The van der Waals surface area contributed by atoms with Gasteiger partial charge in [0.2, 0.25) is 18.4 Å². The van der Waals surface area contributed by atoms with E-state index in [1.54, 1.807) is 31.4 Å². The maximum Gasteiger partial charge on any atom is 0.335 e. The van der Waals surface area contributed by atoms with E-state index < -0.39 is 17.1 Å². The third-order valence-corrected chi connectivity index (χ3v) is 6.57. The Balaban J connectivity index is 1.47. The van der Waals surface area contributed by atoms with Gasteiger partial charge in [0.25, 0.3) is 5.56 Å². The van der Waals surface area contributed by atoms with Gasteiger partial charge in [-0.2, -0.15) is 0 Å². The van der Waals surface area contributed by atoms with Gasteiger partial charge < -0.3 is 24.1 Å². The van der Waals surface area contributed by atoms with Gasteiger partial charge in [-0.25, -0.2) is 9.36 Å². The molecule has 194 valence electrons. The molecule has 0 aliphatic carbocycles. The average Bonchev–Trinajstić information content (AvgIpc) is 3.35. The van der Waals surface area contributed by atoms with Crippen LogP contribution in [-0.2, 0) is 6.42 Å². The molecule has 1 aromatic heterocycles. The summed E-state index contributed by atoms with van der Waals surface area (Å²) in [5.74, 6) is 1.97. The molecule has 2 aliphatic heterocycles. The van der Waals surface area contributed by atoms with E-state index in [1.807, 2.05) is 20.0 Å². The van der Waals surface area contributed by atoms with Crippen molar-refractivity contribution in [2.45, 2.75) is 19.4 Å². The molecule has 37 heavy (non-hydrogen) atoms. The average molecular weight is 509 g/mol. The molecule has 0 saturated carbocycles. The van der Waals surface area contributed by atoms with Gasteiger partial charge in [0.05, 0.1) is 32.0 Å². The first-order valence-corrected chi connectivity index (χ1v) is 11.9. The number of nitrogens with zero attached hydrogens (tertiary/aromatic N) is 3. The fourth-order valence-corrected chi connectivity index (χ4v) is 4.75. The van der Waals surface area contributed by atoms with Crippen LogP contribution in [0.25, 0.3) is 5.69 Å². The molecule has 0 bridgehead atoms. The molecule has 2 aromatic carbocycles. The van der Waals surface area contributed by atoms with Crippen LogP contribution in [0.3, 0.4) is 0 Å². The zero-order chi connectivity index (χ0) is 26.1. The molecule has 0 unspecified atom stereocenters. The highest BCUT2D eigenvalue weighted by molar-refractivity contribution is 5.82. The lowest BCUT2D eigenvalue weighted by Crippen LogP contribution is -2.34. The monoisotopic (exact) mass is 508 g/mol. The Morgan fingerprint density at radius 3 is 2.76 bits per heavy atom. The molecule has 11 nitrogen and oxygen atoms in total. The molecule has 1 atom stereocenters. The van der Waals surface area contributed by atoms with Crippen LogP contribution in [-0.4, -0.2) is 66.4 Å². The summed E-state index contributed by atoms with van der Waals surface area (Å²) in [7, 11) is 3.58. The molecule has 0 saturated heterocycles. The lowest BCUT2D eigenvalue weighted by atomic mass is 9.91. The summed E-state index contributed by atoms with van der Waals surface area (Å²) < 4.78 is 23.4. The Bertz CT molecular complexity index is 1460. The van der Waals surface area contributed by atoms with Crippen molar-refractivity contribution >= 4 is 6.21 Å². The zero-order valence-electron chi connectivity index (χ0n) is 20.8. The van der Waals surface area contributed by atoms with Gasteiger partial charge >= 0.3 is 5.69 Å². The number of likely N-dealkylation sites (N-methyl/N-ethyl adjacent to an activating group) is 1. The van der Waals surface area contributed by atoms with Crippen molar-refractivity contribution < 1.29 is 24.1 Å². The van der Waals surface area contributed by atoms with E-state index in [2.05, 4.69) is 14.9 Å². The van der Waals surface area contributed by atoms with Gasteiger partial charge in [-0.15, -0.1) is 0 Å². The number of hydrogen-bond donors (Lipinski definition) is 2. The summed E-state index contributed by atoms with van der Waals surface area (Å²) >= 11 is 0. The summed E-state index contributed by atoms with van der Waals surface area (Å²) in [5.41, 5.74) is 0.806. The van der Waals surface area contributed by atoms with Crippen LogP contribution < -0.4 is 30.2 Å². The first kappa shape index (κ1) is 24.4. The second-order valence-electron chi connectivity index (χ2n) is 8.72. The van der Waals surface area contributed by atoms with Gasteiger partial charge in [-0.3, -0.25) is 19.7 Å². The number of aromatic nitrogens is 2. The number of nitrogens with one attached hydrogen (secondary N) is 1. The SMILES string of the molecule is CCOc1ccc(-n2c(O)c(C=NC[C@@H]3c4c(cc5c(c4OC)OCO5)CCN3C)c(=O)[nH]c2=O)cc1. The lowest BCUT2D eigenvalue weighted by molar-refractivity contribution is 0.170. The largest absolute Gasteiger partial charge is 0.494 e. The number of aliphatic imine (C=N–C) groups is 1. The Morgan fingerprint density at radius 2 is 2.03 bits per heavy atom. The zero-order valence-corrected chi connectivity index (χ0v) is 20.8. The number of H-pyrrole nitrogens is 1. The van der Waals surface area contributed by atoms with E-state index >= 15 is 0 Å². The van der Waals surface area contributed by atoms with E-state index in [0.717, 1.165) is 28.7 Å². The maximum atomic E-state index is 12.6. The molecular formula is C26H28N4O7. The highest BCUT2D eigenvalue weighted by atomic mass is 16.7. The van der Waals surface area contributed by atoms with E-state index in [0.29, 0.717) is 35.3 Å². The van der Waals surface area contributed by atoms with Gasteiger partial charge in [-0.05, 0) is 56.3 Å². The van der Waals surface area contributed by atoms with Crippen LogP contribution in [0.2, 0.25) is 0 Å². The van der Waals surface area contributed by atoms with Crippen LogP contribution in [0.1, 0.15) is 29.7 Å². The molecule has 3 heterocycles. The quantitative estimate of drug-likeness (QED) is 0.464. The Kier molecular flexibility index (Phi) is 6.62. The molecule has 11 heteroatoms. The topological polar surface area (TPSA) is 128 Å². The molecule has 3 aromatic rings. The Morgan fingerprint density at radius 1 is 1.24 bits per heavy atom. The number of aromatic amines is 1.